The number of hydrogen-bond acceptors (Lipinski definition) is 4. The molecule has 8 nitrogen and oxygen atoms in total. The molecule has 20 heavy (non-hydrogen) atoms. The van der Waals surface area contributed by atoms with Crippen molar-refractivity contribution in [1.82, 2.24) is 20.4 Å². The van der Waals surface area contributed by atoms with Gasteiger partial charge in [0.2, 0.25) is 5.91 Å². The van der Waals surface area contributed by atoms with Crippen molar-refractivity contribution in [2.24, 2.45) is 0 Å². The Morgan fingerprint density at radius 1 is 1.30 bits per heavy atom. The number of hydrogen-bond donors (Lipinski definition) is 3. The van der Waals surface area contributed by atoms with Gasteiger partial charge in [0.25, 0.3) is 0 Å². The zero-order valence-electron chi connectivity index (χ0n) is 11.3. The van der Waals surface area contributed by atoms with Crippen LogP contribution in [-0.4, -0.2) is 78.1 Å². The standard InChI is InChI=1S/C12H20N4O4/c17-10(18)8-15-4-6-16(7-5-15)12(20)14-9-2-1-3-13-11(9)19/h9H,1-8H2,(H,13,19)(H,14,20)(H,17,18). The van der Waals surface area contributed by atoms with Gasteiger partial charge in [0.15, 0.2) is 0 Å². The summed E-state index contributed by atoms with van der Waals surface area (Å²) in [5.74, 6) is -0.990. The summed E-state index contributed by atoms with van der Waals surface area (Å²) in [5, 5.41) is 14.2. The average molecular weight is 284 g/mol. The van der Waals surface area contributed by atoms with Crippen molar-refractivity contribution in [3.8, 4) is 0 Å². The predicted octanol–water partition coefficient (Wildman–Crippen LogP) is -1.32. The van der Waals surface area contributed by atoms with Crippen LogP contribution in [0.4, 0.5) is 4.79 Å². The Bertz CT molecular complexity index is 393. The quantitative estimate of drug-likeness (QED) is 0.596. The largest absolute Gasteiger partial charge is 0.480 e. The molecule has 112 valence electrons. The van der Waals surface area contributed by atoms with Gasteiger partial charge >= 0.3 is 12.0 Å². The number of carbonyl (C=O) groups is 3. The summed E-state index contributed by atoms with van der Waals surface area (Å²) in [4.78, 5) is 37.6. The average Bonchev–Trinajstić information content (AvgIpc) is 2.41. The molecule has 1 unspecified atom stereocenters. The highest BCUT2D eigenvalue weighted by Crippen LogP contribution is 2.06. The molecule has 0 bridgehead atoms. The molecular weight excluding hydrogens is 264 g/mol. The summed E-state index contributed by atoms with van der Waals surface area (Å²) >= 11 is 0. The topological polar surface area (TPSA) is 102 Å². The summed E-state index contributed by atoms with van der Waals surface area (Å²) in [6.45, 7) is 2.70. The Labute approximate surface area is 117 Å². The lowest BCUT2D eigenvalue weighted by atomic mass is 10.1. The van der Waals surface area contributed by atoms with Crippen LogP contribution in [0, 0.1) is 0 Å². The van der Waals surface area contributed by atoms with E-state index in [9.17, 15) is 14.4 Å². The number of carboxylic acid groups (broad SMARTS) is 1. The summed E-state index contributed by atoms with van der Waals surface area (Å²) in [5.41, 5.74) is 0. The van der Waals surface area contributed by atoms with Crippen molar-refractivity contribution >= 4 is 17.9 Å². The van der Waals surface area contributed by atoms with Gasteiger partial charge in [0.1, 0.15) is 6.04 Å². The molecule has 8 heteroatoms. The van der Waals surface area contributed by atoms with E-state index < -0.39 is 12.0 Å². The Balaban J connectivity index is 1.76. The highest BCUT2D eigenvalue weighted by atomic mass is 16.4. The minimum absolute atomic E-state index is 0.000486. The molecule has 0 aromatic rings. The number of aliphatic carboxylic acids is 1. The fourth-order valence-corrected chi connectivity index (χ4v) is 2.45. The van der Waals surface area contributed by atoms with Crippen LogP contribution < -0.4 is 10.6 Å². The van der Waals surface area contributed by atoms with Crippen molar-refractivity contribution in [3.63, 3.8) is 0 Å². The van der Waals surface area contributed by atoms with Crippen LogP contribution in [0.25, 0.3) is 0 Å². The zero-order valence-corrected chi connectivity index (χ0v) is 11.3. The number of nitrogens with zero attached hydrogens (tertiary/aromatic N) is 2. The van der Waals surface area contributed by atoms with E-state index in [-0.39, 0.29) is 18.5 Å². The monoisotopic (exact) mass is 284 g/mol. The van der Waals surface area contributed by atoms with Gasteiger partial charge in [-0.1, -0.05) is 0 Å². The minimum atomic E-state index is -0.859. The summed E-state index contributed by atoms with van der Waals surface area (Å²) in [7, 11) is 0. The summed E-state index contributed by atoms with van der Waals surface area (Å²) in [6.07, 6.45) is 1.53. The van der Waals surface area contributed by atoms with Crippen molar-refractivity contribution in [2.75, 3.05) is 39.3 Å². The van der Waals surface area contributed by atoms with Gasteiger partial charge in [-0.2, -0.15) is 0 Å². The van der Waals surface area contributed by atoms with Gasteiger partial charge in [0, 0.05) is 32.7 Å². The van der Waals surface area contributed by atoms with E-state index in [4.69, 9.17) is 5.11 Å². The zero-order chi connectivity index (χ0) is 14.5. The maximum absolute atomic E-state index is 12.0. The fourth-order valence-electron chi connectivity index (χ4n) is 2.45. The second-order valence-corrected chi connectivity index (χ2v) is 5.09. The van der Waals surface area contributed by atoms with Gasteiger partial charge in [-0.25, -0.2) is 4.79 Å². The number of carbonyl (C=O) groups excluding carboxylic acids is 2. The first-order chi connectivity index (χ1) is 9.56. The molecule has 0 radical (unpaired) electrons. The smallest absolute Gasteiger partial charge is 0.318 e. The maximum Gasteiger partial charge on any atom is 0.318 e. The molecule has 2 rings (SSSR count). The van der Waals surface area contributed by atoms with Gasteiger partial charge in [-0.3, -0.25) is 14.5 Å². The van der Waals surface area contributed by atoms with E-state index in [1.165, 1.54) is 0 Å². The third-order valence-electron chi connectivity index (χ3n) is 3.60. The number of rotatable bonds is 3. The van der Waals surface area contributed by atoms with Crippen LogP contribution >= 0.6 is 0 Å². The Kier molecular flexibility index (Phi) is 4.78. The molecule has 2 heterocycles. The number of carboxylic acids is 1. The second kappa shape index (κ2) is 6.56. The SMILES string of the molecule is O=C(O)CN1CCN(C(=O)NC2CCCNC2=O)CC1. The van der Waals surface area contributed by atoms with E-state index in [1.807, 2.05) is 0 Å². The van der Waals surface area contributed by atoms with Gasteiger partial charge in [-0.15, -0.1) is 0 Å². The third kappa shape index (κ3) is 3.83. The third-order valence-corrected chi connectivity index (χ3v) is 3.60. The van der Waals surface area contributed by atoms with E-state index in [0.717, 1.165) is 6.42 Å². The Morgan fingerprint density at radius 3 is 2.60 bits per heavy atom. The molecule has 2 aliphatic rings. The molecule has 3 N–H and O–H groups in total. The van der Waals surface area contributed by atoms with Crippen LogP contribution in [-0.2, 0) is 9.59 Å². The molecule has 1 atom stereocenters. The lowest BCUT2D eigenvalue weighted by molar-refractivity contribution is -0.138. The van der Waals surface area contributed by atoms with Crippen LogP contribution in [0.5, 0.6) is 0 Å². The normalized spacial score (nSPS) is 24.1. The lowest BCUT2D eigenvalue weighted by Crippen LogP contribution is -2.57. The molecular formula is C12H20N4O4. The number of piperidine rings is 1. The maximum atomic E-state index is 12.0. The molecule has 0 aromatic carbocycles. The van der Waals surface area contributed by atoms with Crippen LogP contribution in [0.15, 0.2) is 0 Å². The number of piperazine rings is 1. The van der Waals surface area contributed by atoms with Crippen molar-refractivity contribution in [1.29, 1.82) is 0 Å². The summed E-state index contributed by atoms with van der Waals surface area (Å²) < 4.78 is 0. The lowest BCUT2D eigenvalue weighted by Gasteiger charge is -2.35. The molecule has 3 amide bonds. The van der Waals surface area contributed by atoms with Gasteiger partial charge in [0.05, 0.1) is 6.54 Å². The molecule has 0 saturated carbocycles. The van der Waals surface area contributed by atoms with Crippen LogP contribution in [0.3, 0.4) is 0 Å². The van der Waals surface area contributed by atoms with E-state index >= 15 is 0 Å². The summed E-state index contributed by atoms with van der Waals surface area (Å²) in [6, 6.07) is -0.699. The number of urea groups is 1. The molecule has 0 aliphatic carbocycles. The Morgan fingerprint density at radius 2 is 2.00 bits per heavy atom. The van der Waals surface area contributed by atoms with Crippen molar-refractivity contribution in [2.45, 2.75) is 18.9 Å². The van der Waals surface area contributed by atoms with Gasteiger partial charge in [-0.05, 0) is 12.8 Å². The highest BCUT2D eigenvalue weighted by molar-refractivity contribution is 5.87. The first-order valence-electron chi connectivity index (χ1n) is 6.83. The second-order valence-electron chi connectivity index (χ2n) is 5.09. The molecule has 2 aliphatic heterocycles. The van der Waals surface area contributed by atoms with Gasteiger partial charge < -0.3 is 20.6 Å². The fraction of sp³-hybridized carbons (Fsp3) is 0.750. The number of nitrogens with one attached hydrogen (secondary N) is 2. The van der Waals surface area contributed by atoms with Crippen molar-refractivity contribution < 1.29 is 19.5 Å². The van der Waals surface area contributed by atoms with Crippen LogP contribution in [0.2, 0.25) is 0 Å². The molecule has 2 fully saturated rings. The van der Waals surface area contributed by atoms with Crippen molar-refractivity contribution in [3.05, 3.63) is 0 Å². The Hall–Kier alpha value is -1.83. The van der Waals surface area contributed by atoms with Crippen LogP contribution in [0.1, 0.15) is 12.8 Å². The van der Waals surface area contributed by atoms with E-state index in [1.54, 1.807) is 9.80 Å². The first-order valence-corrected chi connectivity index (χ1v) is 6.83. The van der Waals surface area contributed by atoms with E-state index in [0.29, 0.717) is 39.1 Å². The van der Waals surface area contributed by atoms with E-state index in [2.05, 4.69) is 10.6 Å². The molecule has 0 spiro atoms. The predicted molar refractivity (Wildman–Crippen MR) is 70.2 cm³/mol. The first kappa shape index (κ1) is 14.6. The number of amides is 3. The molecule has 0 aromatic heterocycles. The minimum Gasteiger partial charge on any atom is -0.480 e. The highest BCUT2D eigenvalue weighted by Gasteiger charge is 2.27. The molecule has 2 saturated heterocycles.